The lowest BCUT2D eigenvalue weighted by molar-refractivity contribution is 0.277. The number of hydrogen-bond acceptors (Lipinski definition) is 4. The summed E-state index contributed by atoms with van der Waals surface area (Å²) in [4.78, 5) is 11.0. The minimum atomic E-state index is -0.130. The van der Waals surface area contributed by atoms with Crippen molar-refractivity contribution in [1.29, 1.82) is 0 Å². The first-order valence-corrected chi connectivity index (χ1v) is 12.3. The number of nitrogens with zero attached hydrogens (tertiary/aromatic N) is 2. The Bertz CT molecular complexity index is 1590. The molecule has 1 aromatic heterocycles. The fourth-order valence-corrected chi connectivity index (χ4v) is 4.29. The van der Waals surface area contributed by atoms with Crippen LogP contribution in [0.3, 0.4) is 0 Å². The third-order valence-electron chi connectivity index (χ3n) is 6.37. The Morgan fingerprint density at radius 2 is 1.71 bits per heavy atom. The summed E-state index contributed by atoms with van der Waals surface area (Å²) in [5.41, 5.74) is 7.46. The summed E-state index contributed by atoms with van der Waals surface area (Å²) in [5.74, 6) is 1.85. The number of rotatable bonds is 9. The molecule has 6 nitrogen and oxygen atoms in total. The number of nitrogens with one attached hydrogen (secondary N) is 1. The molecule has 0 bridgehead atoms. The molecule has 0 aliphatic heterocycles. The van der Waals surface area contributed by atoms with Crippen molar-refractivity contribution in [2.75, 3.05) is 0 Å². The van der Waals surface area contributed by atoms with E-state index >= 15 is 0 Å². The molecular weight excluding hydrogens is 474 g/mol. The van der Waals surface area contributed by atoms with Crippen LogP contribution in [0.15, 0.2) is 97.2 Å². The number of aromatic amines is 1. The lowest BCUT2D eigenvalue weighted by atomic mass is 9.97. The Kier molecular flexibility index (Phi) is 7.49. The predicted octanol–water partition coefficient (Wildman–Crippen LogP) is 7.25. The van der Waals surface area contributed by atoms with Crippen LogP contribution in [-0.4, -0.2) is 15.1 Å². The molecule has 0 aliphatic carbocycles. The molecule has 38 heavy (non-hydrogen) atoms. The van der Waals surface area contributed by atoms with Crippen molar-refractivity contribution in [3.05, 3.63) is 131 Å². The average molecular weight is 502 g/mol. The van der Waals surface area contributed by atoms with Gasteiger partial charge in [0, 0.05) is 6.07 Å². The first-order chi connectivity index (χ1) is 18.6. The number of H-pyrrole nitrogens is 1. The van der Waals surface area contributed by atoms with Gasteiger partial charge in [-0.2, -0.15) is 0 Å². The van der Waals surface area contributed by atoms with Gasteiger partial charge >= 0.3 is 0 Å². The minimum absolute atomic E-state index is 0.130. The maximum atomic E-state index is 9.46. The zero-order valence-corrected chi connectivity index (χ0v) is 21.0. The number of aromatic nitrogens is 2. The van der Waals surface area contributed by atoms with Gasteiger partial charge in [0.25, 0.3) is 0 Å². The molecule has 0 atom stereocenters. The van der Waals surface area contributed by atoms with Gasteiger partial charge in [0.15, 0.2) is 5.69 Å². The largest absolute Gasteiger partial charge is 0.489 e. The molecule has 0 saturated carbocycles. The molecule has 1 heterocycles. The summed E-state index contributed by atoms with van der Waals surface area (Å²) in [6.45, 7) is 9.94. The molecule has 0 aliphatic rings. The molecule has 0 amide bonds. The number of hydrogen-bond donors (Lipinski definition) is 2. The van der Waals surface area contributed by atoms with E-state index in [1.165, 1.54) is 16.7 Å². The Morgan fingerprint density at radius 1 is 0.868 bits per heavy atom. The molecule has 0 spiro atoms. The second kappa shape index (κ2) is 11.5. The SMILES string of the molecule is [C-]#[N+]c1cccc(COc2cc(OCc3cccc(-c4ccccc4)c3C)ccc2-c2ncc(CO)[nH]2)c1. The van der Waals surface area contributed by atoms with E-state index in [0.717, 1.165) is 16.7 Å². The quantitative estimate of drug-likeness (QED) is 0.209. The first kappa shape index (κ1) is 24.8. The lowest BCUT2D eigenvalue weighted by Gasteiger charge is -2.15. The second-order valence-electron chi connectivity index (χ2n) is 8.89. The Labute approximate surface area is 222 Å². The normalized spacial score (nSPS) is 10.7. The van der Waals surface area contributed by atoms with Gasteiger partial charge in [-0.25, -0.2) is 9.83 Å². The van der Waals surface area contributed by atoms with Gasteiger partial charge in [0.1, 0.15) is 30.5 Å². The van der Waals surface area contributed by atoms with Crippen molar-refractivity contribution < 1.29 is 14.6 Å². The van der Waals surface area contributed by atoms with Crippen LogP contribution in [0, 0.1) is 13.5 Å². The summed E-state index contributed by atoms with van der Waals surface area (Å²) in [6, 6.07) is 29.6. The molecule has 5 rings (SSSR count). The van der Waals surface area contributed by atoms with E-state index in [-0.39, 0.29) is 13.2 Å². The van der Waals surface area contributed by atoms with Crippen LogP contribution < -0.4 is 9.47 Å². The van der Waals surface area contributed by atoms with E-state index in [9.17, 15) is 5.11 Å². The van der Waals surface area contributed by atoms with E-state index in [1.807, 2.05) is 54.6 Å². The van der Waals surface area contributed by atoms with Crippen LogP contribution in [0.4, 0.5) is 5.69 Å². The zero-order chi connectivity index (χ0) is 26.3. The molecule has 0 saturated heterocycles. The van der Waals surface area contributed by atoms with Crippen molar-refractivity contribution in [3.8, 4) is 34.0 Å². The van der Waals surface area contributed by atoms with Crippen LogP contribution in [-0.2, 0) is 19.8 Å². The van der Waals surface area contributed by atoms with Crippen molar-refractivity contribution in [2.24, 2.45) is 0 Å². The van der Waals surface area contributed by atoms with Crippen LogP contribution in [0.2, 0.25) is 0 Å². The topological polar surface area (TPSA) is 71.7 Å². The molecule has 0 unspecified atom stereocenters. The molecule has 5 aromatic rings. The molecule has 0 radical (unpaired) electrons. The van der Waals surface area contributed by atoms with Gasteiger partial charge in [-0.05, 0) is 52.9 Å². The number of benzene rings is 4. The summed E-state index contributed by atoms with van der Waals surface area (Å²) in [6.07, 6.45) is 1.60. The van der Waals surface area contributed by atoms with Gasteiger partial charge in [-0.3, -0.25) is 0 Å². The third kappa shape index (κ3) is 5.59. The fraction of sp³-hybridized carbons (Fsp3) is 0.125. The second-order valence-corrected chi connectivity index (χ2v) is 8.89. The van der Waals surface area contributed by atoms with E-state index < -0.39 is 0 Å². The highest BCUT2D eigenvalue weighted by molar-refractivity contribution is 5.68. The predicted molar refractivity (Wildman–Crippen MR) is 148 cm³/mol. The van der Waals surface area contributed by atoms with E-state index in [4.69, 9.17) is 16.0 Å². The summed E-state index contributed by atoms with van der Waals surface area (Å²) in [7, 11) is 0. The van der Waals surface area contributed by atoms with E-state index in [0.29, 0.717) is 35.3 Å². The summed E-state index contributed by atoms with van der Waals surface area (Å²) >= 11 is 0. The lowest BCUT2D eigenvalue weighted by Crippen LogP contribution is -2.01. The van der Waals surface area contributed by atoms with Crippen LogP contribution in [0.1, 0.15) is 22.4 Å². The molecular formula is C32H27N3O3. The molecule has 6 heteroatoms. The Balaban J connectivity index is 1.40. The molecule has 4 aromatic carbocycles. The number of aliphatic hydroxyl groups excluding tert-OH is 1. The zero-order valence-electron chi connectivity index (χ0n) is 21.0. The van der Waals surface area contributed by atoms with Crippen LogP contribution >= 0.6 is 0 Å². The maximum Gasteiger partial charge on any atom is 0.187 e. The van der Waals surface area contributed by atoms with Crippen molar-refractivity contribution >= 4 is 5.69 Å². The molecule has 0 fully saturated rings. The highest BCUT2D eigenvalue weighted by atomic mass is 16.5. The Hall–Kier alpha value is -4.86. The highest BCUT2D eigenvalue weighted by Gasteiger charge is 2.14. The van der Waals surface area contributed by atoms with Gasteiger partial charge in [-0.1, -0.05) is 66.7 Å². The first-order valence-electron chi connectivity index (χ1n) is 12.3. The maximum absolute atomic E-state index is 9.46. The van der Waals surface area contributed by atoms with E-state index in [1.54, 1.807) is 12.3 Å². The van der Waals surface area contributed by atoms with Crippen molar-refractivity contribution in [1.82, 2.24) is 9.97 Å². The highest BCUT2D eigenvalue weighted by Crippen LogP contribution is 2.34. The van der Waals surface area contributed by atoms with Gasteiger partial charge in [-0.15, -0.1) is 0 Å². The van der Waals surface area contributed by atoms with Crippen molar-refractivity contribution in [2.45, 2.75) is 26.7 Å². The molecule has 188 valence electrons. The van der Waals surface area contributed by atoms with Crippen molar-refractivity contribution in [3.63, 3.8) is 0 Å². The number of aliphatic hydroxyl groups is 1. The van der Waals surface area contributed by atoms with Gasteiger partial charge in [0.2, 0.25) is 0 Å². The van der Waals surface area contributed by atoms with Gasteiger partial charge in [0.05, 0.1) is 30.6 Å². The van der Waals surface area contributed by atoms with Crippen LogP contribution in [0.5, 0.6) is 11.5 Å². The number of imidazole rings is 1. The summed E-state index contributed by atoms with van der Waals surface area (Å²) < 4.78 is 12.4. The minimum Gasteiger partial charge on any atom is -0.489 e. The summed E-state index contributed by atoms with van der Waals surface area (Å²) in [5, 5.41) is 9.46. The Morgan fingerprint density at radius 3 is 2.50 bits per heavy atom. The van der Waals surface area contributed by atoms with Crippen LogP contribution in [0.25, 0.3) is 27.4 Å². The number of ether oxygens (including phenoxy) is 2. The monoisotopic (exact) mass is 501 g/mol. The fourth-order valence-electron chi connectivity index (χ4n) is 4.29. The van der Waals surface area contributed by atoms with Gasteiger partial charge < -0.3 is 19.6 Å². The molecule has 2 N–H and O–H groups in total. The third-order valence-corrected chi connectivity index (χ3v) is 6.37. The standard InChI is InChI=1S/C32H27N3O3/c1-22-25(11-7-13-29(22)24-9-4-3-5-10-24)21-37-28-14-15-30(32-34-18-27(19-36)35-32)31(17-28)38-20-23-8-6-12-26(16-23)33-2/h3-18,36H,19-21H2,1H3,(H,34,35). The smallest absolute Gasteiger partial charge is 0.187 e. The van der Waals surface area contributed by atoms with E-state index in [2.05, 4.69) is 52.1 Å². The average Bonchev–Trinajstić information content (AvgIpc) is 3.45.